The van der Waals surface area contributed by atoms with Crippen LogP contribution >= 0.6 is 11.6 Å². The Morgan fingerprint density at radius 1 is 1.44 bits per heavy atom. The summed E-state index contributed by atoms with van der Waals surface area (Å²) >= 11 is 6.10. The van der Waals surface area contributed by atoms with E-state index in [1.807, 2.05) is 45.2 Å². The lowest BCUT2D eigenvalue weighted by molar-refractivity contribution is -0.147. The minimum absolute atomic E-state index is 0.127. The van der Waals surface area contributed by atoms with E-state index in [0.29, 0.717) is 13.2 Å². The van der Waals surface area contributed by atoms with Crippen LogP contribution in [0.5, 0.6) is 0 Å². The van der Waals surface area contributed by atoms with Crippen LogP contribution in [0.25, 0.3) is 0 Å². The molecule has 0 aliphatic rings. The fourth-order valence-corrected chi connectivity index (χ4v) is 2.00. The predicted octanol–water partition coefficient (Wildman–Crippen LogP) is 2.97. The van der Waals surface area contributed by atoms with E-state index in [1.54, 1.807) is 0 Å². The minimum atomic E-state index is -0.150. The lowest BCUT2D eigenvalue weighted by Crippen LogP contribution is -2.29. The molecule has 0 spiro atoms. The van der Waals surface area contributed by atoms with E-state index < -0.39 is 0 Å². The zero-order chi connectivity index (χ0) is 13.5. The predicted molar refractivity (Wildman–Crippen MR) is 73.6 cm³/mol. The molecule has 1 aromatic rings. The molecule has 0 radical (unpaired) electrons. The summed E-state index contributed by atoms with van der Waals surface area (Å²) in [6.07, 6.45) is 0. The zero-order valence-electron chi connectivity index (χ0n) is 11.1. The van der Waals surface area contributed by atoms with Crippen molar-refractivity contribution in [2.45, 2.75) is 20.4 Å². The summed E-state index contributed by atoms with van der Waals surface area (Å²) < 4.78 is 4.99. The van der Waals surface area contributed by atoms with Crippen molar-refractivity contribution in [3.63, 3.8) is 0 Å². The van der Waals surface area contributed by atoms with Gasteiger partial charge < -0.3 is 9.64 Å². The summed E-state index contributed by atoms with van der Waals surface area (Å²) in [7, 11) is 1.97. The van der Waals surface area contributed by atoms with Gasteiger partial charge in [-0.1, -0.05) is 36.7 Å². The van der Waals surface area contributed by atoms with Gasteiger partial charge in [0.1, 0.15) is 0 Å². The summed E-state index contributed by atoms with van der Waals surface area (Å²) in [5, 5.41) is 0.758. The largest absolute Gasteiger partial charge is 0.466 e. The fraction of sp³-hybridized carbons (Fsp3) is 0.500. The topological polar surface area (TPSA) is 29.5 Å². The Labute approximate surface area is 114 Å². The van der Waals surface area contributed by atoms with E-state index >= 15 is 0 Å². The van der Waals surface area contributed by atoms with Crippen molar-refractivity contribution in [3.8, 4) is 0 Å². The second kappa shape index (κ2) is 7.39. The molecule has 0 aromatic heterocycles. The van der Waals surface area contributed by atoms with Crippen LogP contribution in [0.2, 0.25) is 5.02 Å². The Balaban J connectivity index is 2.49. The average Bonchev–Trinajstić information content (AvgIpc) is 2.32. The molecule has 1 aromatic carbocycles. The van der Waals surface area contributed by atoms with Crippen molar-refractivity contribution in [1.82, 2.24) is 4.90 Å². The smallest absolute Gasteiger partial charge is 0.309 e. The fourth-order valence-electron chi connectivity index (χ4n) is 1.81. The van der Waals surface area contributed by atoms with Crippen LogP contribution < -0.4 is 0 Å². The maximum atomic E-state index is 11.5. The normalized spacial score (nSPS) is 12.5. The molecule has 0 saturated heterocycles. The molecule has 0 aliphatic heterocycles. The number of hydrogen-bond donors (Lipinski definition) is 0. The maximum absolute atomic E-state index is 11.5. The molecule has 1 atom stereocenters. The van der Waals surface area contributed by atoms with Crippen molar-refractivity contribution in [1.29, 1.82) is 0 Å². The highest BCUT2D eigenvalue weighted by atomic mass is 35.5. The quantitative estimate of drug-likeness (QED) is 0.744. The van der Waals surface area contributed by atoms with Crippen LogP contribution in [0.4, 0.5) is 0 Å². The van der Waals surface area contributed by atoms with Crippen molar-refractivity contribution < 1.29 is 9.53 Å². The molecular formula is C14H20ClNO2. The summed E-state index contributed by atoms with van der Waals surface area (Å²) in [6.45, 7) is 5.50. The first-order valence-electron chi connectivity index (χ1n) is 6.13. The number of carbonyl (C=O) groups excluding carboxylic acids is 1. The lowest BCUT2D eigenvalue weighted by Gasteiger charge is -2.20. The second-order valence-electron chi connectivity index (χ2n) is 4.44. The summed E-state index contributed by atoms with van der Waals surface area (Å²) in [4.78, 5) is 13.6. The molecule has 1 unspecified atom stereocenters. The number of halogens is 1. The number of rotatable bonds is 6. The number of ether oxygens (including phenoxy) is 1. The van der Waals surface area contributed by atoms with E-state index in [4.69, 9.17) is 16.3 Å². The van der Waals surface area contributed by atoms with E-state index in [9.17, 15) is 4.79 Å². The van der Waals surface area contributed by atoms with Gasteiger partial charge in [0.2, 0.25) is 0 Å². The van der Waals surface area contributed by atoms with Crippen molar-refractivity contribution in [2.75, 3.05) is 20.2 Å². The van der Waals surface area contributed by atoms with Gasteiger partial charge in [0.05, 0.1) is 12.5 Å². The van der Waals surface area contributed by atoms with Gasteiger partial charge in [0.15, 0.2) is 0 Å². The SMILES string of the molecule is CCOC(=O)C(C)CN(C)Cc1ccccc1Cl. The molecule has 0 aliphatic carbocycles. The molecule has 18 heavy (non-hydrogen) atoms. The molecule has 0 heterocycles. The van der Waals surface area contributed by atoms with Crippen molar-refractivity contribution >= 4 is 17.6 Å². The highest BCUT2D eigenvalue weighted by Crippen LogP contribution is 2.17. The van der Waals surface area contributed by atoms with Crippen LogP contribution in [0.15, 0.2) is 24.3 Å². The third-order valence-electron chi connectivity index (χ3n) is 2.67. The maximum Gasteiger partial charge on any atom is 0.309 e. The lowest BCUT2D eigenvalue weighted by atomic mass is 10.1. The monoisotopic (exact) mass is 269 g/mol. The first-order valence-corrected chi connectivity index (χ1v) is 6.51. The Kier molecular flexibility index (Phi) is 6.16. The number of hydrogen-bond acceptors (Lipinski definition) is 3. The van der Waals surface area contributed by atoms with Crippen LogP contribution in [-0.2, 0) is 16.1 Å². The van der Waals surface area contributed by atoms with Crippen molar-refractivity contribution in [3.05, 3.63) is 34.9 Å². The molecular weight excluding hydrogens is 250 g/mol. The van der Waals surface area contributed by atoms with Gasteiger partial charge in [0.25, 0.3) is 0 Å². The standard InChI is InChI=1S/C14H20ClNO2/c1-4-18-14(17)11(2)9-16(3)10-12-7-5-6-8-13(12)15/h5-8,11H,4,9-10H2,1-3H3. The van der Waals surface area contributed by atoms with Gasteiger partial charge in [0, 0.05) is 18.1 Å². The van der Waals surface area contributed by atoms with Gasteiger partial charge in [-0.25, -0.2) is 0 Å². The molecule has 100 valence electrons. The highest BCUT2D eigenvalue weighted by Gasteiger charge is 2.16. The molecule has 0 bridgehead atoms. The molecule has 0 fully saturated rings. The Bertz CT molecular complexity index is 395. The van der Waals surface area contributed by atoms with E-state index in [-0.39, 0.29) is 11.9 Å². The average molecular weight is 270 g/mol. The number of carbonyl (C=O) groups is 1. The first kappa shape index (κ1) is 15.0. The summed E-state index contributed by atoms with van der Waals surface area (Å²) in [5.41, 5.74) is 1.07. The highest BCUT2D eigenvalue weighted by molar-refractivity contribution is 6.31. The van der Waals surface area contributed by atoms with Crippen molar-refractivity contribution in [2.24, 2.45) is 5.92 Å². The van der Waals surface area contributed by atoms with Gasteiger partial charge in [-0.15, -0.1) is 0 Å². The molecule has 0 amide bonds. The number of benzene rings is 1. The number of nitrogens with zero attached hydrogens (tertiary/aromatic N) is 1. The molecule has 0 N–H and O–H groups in total. The number of esters is 1. The van der Waals surface area contributed by atoms with Gasteiger partial charge >= 0.3 is 5.97 Å². The Hall–Kier alpha value is -1.06. The zero-order valence-corrected chi connectivity index (χ0v) is 11.9. The van der Waals surface area contributed by atoms with Crippen LogP contribution in [0.1, 0.15) is 19.4 Å². The van der Waals surface area contributed by atoms with Crippen LogP contribution in [0.3, 0.4) is 0 Å². The summed E-state index contributed by atoms with van der Waals surface area (Å²) in [5.74, 6) is -0.277. The first-order chi connectivity index (χ1) is 8.54. The van der Waals surface area contributed by atoms with Gasteiger partial charge in [-0.2, -0.15) is 0 Å². The summed E-state index contributed by atoms with van der Waals surface area (Å²) in [6, 6.07) is 7.74. The molecule has 4 heteroatoms. The molecule has 1 rings (SSSR count). The Morgan fingerprint density at radius 2 is 2.11 bits per heavy atom. The molecule has 0 saturated carbocycles. The van der Waals surface area contributed by atoms with E-state index in [2.05, 4.69) is 4.90 Å². The minimum Gasteiger partial charge on any atom is -0.466 e. The van der Waals surface area contributed by atoms with Gasteiger partial charge in [-0.3, -0.25) is 4.79 Å². The van der Waals surface area contributed by atoms with Gasteiger partial charge in [-0.05, 0) is 25.6 Å². The van der Waals surface area contributed by atoms with Crippen LogP contribution in [-0.4, -0.2) is 31.1 Å². The third-order valence-corrected chi connectivity index (χ3v) is 3.04. The van der Waals surface area contributed by atoms with E-state index in [1.165, 1.54) is 0 Å². The Morgan fingerprint density at radius 3 is 2.72 bits per heavy atom. The third kappa shape index (κ3) is 4.67. The second-order valence-corrected chi connectivity index (χ2v) is 4.85. The molecule has 3 nitrogen and oxygen atoms in total. The van der Waals surface area contributed by atoms with E-state index in [0.717, 1.165) is 17.1 Å². The van der Waals surface area contributed by atoms with Crippen LogP contribution in [0, 0.1) is 5.92 Å².